The zero-order valence-corrected chi connectivity index (χ0v) is 32.4. The maximum absolute atomic E-state index is 6.65. The first-order valence-electron chi connectivity index (χ1n) is 19.7. The number of para-hydroxylation sites is 2. The van der Waals surface area contributed by atoms with Crippen molar-refractivity contribution >= 4 is 86.8 Å². The zero-order chi connectivity index (χ0) is 38.3. The number of aliphatic imine (C=N–C) groups is 1. The lowest BCUT2D eigenvalue weighted by Crippen LogP contribution is -2.33. The molecule has 0 saturated heterocycles. The summed E-state index contributed by atoms with van der Waals surface area (Å²) in [6, 6.07) is 65.0. The Labute approximate surface area is 338 Å². The molecule has 0 amide bonds. The summed E-state index contributed by atoms with van der Waals surface area (Å²) < 4.78 is 11.6. The van der Waals surface area contributed by atoms with E-state index >= 15 is 0 Å². The maximum Gasteiger partial charge on any atom is 0.136 e. The predicted octanol–water partition coefficient (Wildman–Crippen LogP) is 14.2. The van der Waals surface area contributed by atoms with Crippen molar-refractivity contribution in [2.24, 2.45) is 4.99 Å². The van der Waals surface area contributed by atoms with Gasteiger partial charge in [-0.25, -0.2) is 4.99 Å². The number of rotatable bonds is 5. The Morgan fingerprint density at radius 3 is 1.90 bits per heavy atom. The number of thiophene rings is 1. The normalized spacial score (nSPS) is 14.6. The van der Waals surface area contributed by atoms with Crippen molar-refractivity contribution in [3.05, 3.63) is 204 Å². The van der Waals surface area contributed by atoms with Crippen LogP contribution in [0.15, 0.2) is 197 Å². The van der Waals surface area contributed by atoms with Gasteiger partial charge in [-0.3, -0.25) is 0 Å². The van der Waals surface area contributed by atoms with Gasteiger partial charge in [0, 0.05) is 58.5 Å². The molecule has 0 radical (unpaired) electrons. The van der Waals surface area contributed by atoms with Crippen molar-refractivity contribution in [1.82, 2.24) is 9.88 Å². The Kier molecular flexibility index (Phi) is 7.34. The van der Waals surface area contributed by atoms with Crippen LogP contribution in [0.4, 0.5) is 0 Å². The van der Waals surface area contributed by atoms with Crippen molar-refractivity contribution in [2.45, 2.75) is 13.0 Å². The van der Waals surface area contributed by atoms with Crippen LogP contribution in [0.25, 0.3) is 86.4 Å². The van der Waals surface area contributed by atoms with Gasteiger partial charge in [0.1, 0.15) is 17.0 Å². The molecular weight excluding hydrogens is 727 g/mol. The number of hydrogen-bond acceptors (Lipinski definition) is 4. The highest BCUT2D eigenvalue weighted by Crippen LogP contribution is 2.48. The monoisotopic (exact) mass is 761 g/mol. The second-order valence-electron chi connectivity index (χ2n) is 15.1. The van der Waals surface area contributed by atoms with Gasteiger partial charge in [0.25, 0.3) is 0 Å². The SMILES string of the molecule is CC1=C(c2ccccc2)N=C(c2ccccc2)NC1c1cccc2sc3cccc(-c4cccc5oc6ccc(-n7c8ccccc8c8ccccc87)cc6c45)c3c12. The molecule has 1 aliphatic rings. The lowest BCUT2D eigenvalue weighted by molar-refractivity contribution is 0.669. The molecule has 274 valence electrons. The third kappa shape index (κ3) is 4.97. The van der Waals surface area contributed by atoms with Crippen LogP contribution in [-0.4, -0.2) is 10.4 Å². The van der Waals surface area contributed by atoms with Gasteiger partial charge in [-0.2, -0.15) is 0 Å². The molecule has 1 N–H and O–H groups in total. The Bertz CT molecular complexity index is 3440. The molecule has 12 rings (SSSR count). The molecule has 5 heteroatoms. The van der Waals surface area contributed by atoms with E-state index in [1.165, 1.54) is 58.7 Å². The highest BCUT2D eigenvalue weighted by atomic mass is 32.1. The predicted molar refractivity (Wildman–Crippen MR) is 244 cm³/mol. The Morgan fingerprint density at radius 2 is 1.16 bits per heavy atom. The smallest absolute Gasteiger partial charge is 0.136 e. The largest absolute Gasteiger partial charge is 0.456 e. The first-order chi connectivity index (χ1) is 28.7. The lowest BCUT2D eigenvalue weighted by atomic mass is 9.89. The first-order valence-corrected chi connectivity index (χ1v) is 20.6. The van der Waals surface area contributed by atoms with Gasteiger partial charge >= 0.3 is 0 Å². The fraction of sp³-hybridized carbons (Fsp3) is 0.0377. The van der Waals surface area contributed by atoms with Crippen LogP contribution in [0.5, 0.6) is 0 Å². The maximum atomic E-state index is 6.65. The molecule has 0 fully saturated rings. The van der Waals surface area contributed by atoms with Crippen LogP contribution < -0.4 is 5.32 Å². The number of nitrogens with one attached hydrogen (secondary N) is 1. The van der Waals surface area contributed by atoms with Crippen LogP contribution in [0.1, 0.15) is 29.7 Å². The molecule has 58 heavy (non-hydrogen) atoms. The van der Waals surface area contributed by atoms with Gasteiger partial charge < -0.3 is 14.3 Å². The van der Waals surface area contributed by atoms with Crippen molar-refractivity contribution in [1.29, 1.82) is 0 Å². The quantitative estimate of drug-likeness (QED) is 0.190. The van der Waals surface area contributed by atoms with Crippen molar-refractivity contribution in [3.63, 3.8) is 0 Å². The molecule has 4 heterocycles. The Morgan fingerprint density at radius 1 is 0.534 bits per heavy atom. The molecule has 1 aliphatic heterocycles. The van der Waals surface area contributed by atoms with E-state index in [1.54, 1.807) is 0 Å². The zero-order valence-electron chi connectivity index (χ0n) is 31.6. The minimum absolute atomic E-state index is 0.100. The summed E-state index contributed by atoms with van der Waals surface area (Å²) in [5.41, 5.74) is 13.2. The van der Waals surface area contributed by atoms with E-state index in [1.807, 2.05) is 11.3 Å². The highest BCUT2D eigenvalue weighted by molar-refractivity contribution is 7.26. The molecule has 3 aromatic heterocycles. The molecule has 0 aliphatic carbocycles. The van der Waals surface area contributed by atoms with E-state index < -0.39 is 0 Å². The van der Waals surface area contributed by atoms with Gasteiger partial charge in [-0.05, 0) is 77.7 Å². The Balaban J connectivity index is 1.09. The fourth-order valence-corrected chi connectivity index (χ4v) is 10.5. The van der Waals surface area contributed by atoms with Crippen LogP contribution in [0, 0.1) is 0 Å². The van der Waals surface area contributed by atoms with E-state index in [4.69, 9.17) is 9.41 Å². The van der Waals surface area contributed by atoms with Gasteiger partial charge in [-0.15, -0.1) is 11.3 Å². The summed E-state index contributed by atoms with van der Waals surface area (Å²) in [4.78, 5) is 5.27. The van der Waals surface area contributed by atoms with E-state index in [0.29, 0.717) is 0 Å². The molecule has 4 nitrogen and oxygen atoms in total. The van der Waals surface area contributed by atoms with Crippen molar-refractivity contribution in [2.75, 3.05) is 0 Å². The fourth-order valence-electron chi connectivity index (χ4n) is 9.29. The lowest BCUT2D eigenvalue weighted by Gasteiger charge is -2.29. The van der Waals surface area contributed by atoms with Gasteiger partial charge in [0.15, 0.2) is 0 Å². The molecular formula is C53H35N3OS. The highest BCUT2D eigenvalue weighted by Gasteiger charge is 2.28. The van der Waals surface area contributed by atoms with Gasteiger partial charge in [0.05, 0.1) is 22.8 Å². The minimum Gasteiger partial charge on any atom is -0.456 e. The van der Waals surface area contributed by atoms with Gasteiger partial charge in [-0.1, -0.05) is 133 Å². The summed E-state index contributed by atoms with van der Waals surface area (Å²) in [7, 11) is 0. The van der Waals surface area contributed by atoms with E-state index in [0.717, 1.165) is 55.8 Å². The van der Waals surface area contributed by atoms with Crippen LogP contribution >= 0.6 is 11.3 Å². The number of benzene rings is 8. The average molecular weight is 762 g/mol. The van der Waals surface area contributed by atoms with Crippen LogP contribution in [-0.2, 0) is 0 Å². The standard InChI is InChI=1S/C53H35N3OS/c1-32-51(33-15-4-2-5-16-33)54-53(34-17-6-3-7-18-34)55-52(32)40-23-14-28-47-50(40)49-39(22-13-27-46(49)58-47)38-21-12-26-45-48(38)41-31-35(29-30-44(41)57-45)56-42-24-10-8-19-36(42)37-20-9-11-25-43(37)56/h2-31,52H,1H3,(H,54,55). The third-order valence-corrected chi connectivity index (χ3v) is 13.0. The minimum atomic E-state index is -0.100. The number of nitrogens with zero attached hydrogens (tertiary/aromatic N) is 2. The molecule has 8 aromatic carbocycles. The van der Waals surface area contributed by atoms with Crippen LogP contribution in [0.3, 0.4) is 0 Å². The molecule has 1 atom stereocenters. The second kappa shape index (κ2) is 12.9. The topological polar surface area (TPSA) is 42.5 Å². The van der Waals surface area contributed by atoms with E-state index in [-0.39, 0.29) is 6.04 Å². The number of amidine groups is 1. The number of hydrogen-bond donors (Lipinski definition) is 1. The number of aromatic nitrogens is 1. The summed E-state index contributed by atoms with van der Waals surface area (Å²) in [6.07, 6.45) is 0. The van der Waals surface area contributed by atoms with Crippen molar-refractivity contribution < 1.29 is 4.42 Å². The van der Waals surface area contributed by atoms with E-state index in [2.05, 4.69) is 199 Å². The summed E-state index contributed by atoms with van der Waals surface area (Å²) in [5, 5.41) is 11.2. The Hall–Kier alpha value is -7.21. The summed E-state index contributed by atoms with van der Waals surface area (Å²) in [5.74, 6) is 0.875. The van der Waals surface area contributed by atoms with Crippen molar-refractivity contribution in [3.8, 4) is 16.8 Å². The van der Waals surface area contributed by atoms with Gasteiger partial charge in [0.2, 0.25) is 0 Å². The number of furan rings is 1. The molecule has 1 unspecified atom stereocenters. The second-order valence-corrected chi connectivity index (χ2v) is 16.2. The average Bonchev–Trinajstić information content (AvgIpc) is 3.97. The third-order valence-electron chi connectivity index (χ3n) is 11.9. The van der Waals surface area contributed by atoms with E-state index in [9.17, 15) is 0 Å². The summed E-state index contributed by atoms with van der Waals surface area (Å²) >= 11 is 1.86. The summed E-state index contributed by atoms with van der Waals surface area (Å²) in [6.45, 7) is 2.23. The molecule has 0 bridgehead atoms. The number of fused-ring (bicyclic) bond motifs is 9. The first kappa shape index (κ1) is 33.0. The molecule has 11 aromatic rings. The van der Waals surface area contributed by atoms with Crippen LogP contribution in [0.2, 0.25) is 0 Å². The molecule has 0 spiro atoms. The molecule has 0 saturated carbocycles.